The SMILES string of the molecule is Cc1nc2ccccc2nc1CN1C[C@@H](NS(C)(=O)=O)[C@H](C(C)C)C1. The molecule has 1 aromatic carbocycles. The number of sulfonamides is 1. The van der Waals surface area contributed by atoms with Crippen molar-refractivity contribution in [1.82, 2.24) is 19.6 Å². The Hall–Kier alpha value is -1.57. The minimum Gasteiger partial charge on any atom is -0.296 e. The average molecular weight is 362 g/mol. The molecule has 1 aliphatic heterocycles. The molecule has 1 aromatic heterocycles. The first-order valence-electron chi connectivity index (χ1n) is 8.65. The molecule has 7 heteroatoms. The number of hydrogen-bond acceptors (Lipinski definition) is 5. The first-order chi connectivity index (χ1) is 11.7. The van der Waals surface area contributed by atoms with Crippen LogP contribution in [0.5, 0.6) is 0 Å². The van der Waals surface area contributed by atoms with E-state index >= 15 is 0 Å². The predicted octanol–water partition coefficient (Wildman–Crippen LogP) is 1.94. The number of nitrogens with zero attached hydrogens (tertiary/aromatic N) is 3. The molecule has 1 N–H and O–H groups in total. The Labute approximate surface area is 149 Å². The molecule has 0 radical (unpaired) electrons. The van der Waals surface area contributed by atoms with Crippen molar-refractivity contribution in [2.24, 2.45) is 11.8 Å². The Balaban J connectivity index is 1.80. The highest BCUT2D eigenvalue weighted by Gasteiger charge is 2.36. The van der Waals surface area contributed by atoms with Gasteiger partial charge in [-0.3, -0.25) is 4.90 Å². The van der Waals surface area contributed by atoms with E-state index in [0.29, 0.717) is 24.9 Å². The van der Waals surface area contributed by atoms with Crippen molar-refractivity contribution in [3.05, 3.63) is 35.7 Å². The summed E-state index contributed by atoms with van der Waals surface area (Å²) in [5.74, 6) is 0.705. The van der Waals surface area contributed by atoms with Crippen LogP contribution in [0.2, 0.25) is 0 Å². The van der Waals surface area contributed by atoms with Gasteiger partial charge in [0.2, 0.25) is 10.0 Å². The van der Waals surface area contributed by atoms with Crippen molar-refractivity contribution in [3.63, 3.8) is 0 Å². The van der Waals surface area contributed by atoms with Gasteiger partial charge in [0.15, 0.2) is 0 Å². The number of rotatable bonds is 5. The molecule has 0 spiro atoms. The second kappa shape index (κ2) is 6.97. The van der Waals surface area contributed by atoms with Crippen molar-refractivity contribution in [3.8, 4) is 0 Å². The van der Waals surface area contributed by atoms with Crippen molar-refractivity contribution in [2.75, 3.05) is 19.3 Å². The van der Waals surface area contributed by atoms with Gasteiger partial charge in [-0.05, 0) is 30.9 Å². The van der Waals surface area contributed by atoms with E-state index in [9.17, 15) is 8.42 Å². The zero-order valence-corrected chi connectivity index (χ0v) is 16.0. The van der Waals surface area contributed by atoms with E-state index in [0.717, 1.165) is 29.0 Å². The molecule has 1 aliphatic rings. The van der Waals surface area contributed by atoms with Gasteiger partial charge in [0, 0.05) is 25.7 Å². The van der Waals surface area contributed by atoms with Crippen molar-refractivity contribution >= 4 is 21.1 Å². The Bertz CT molecular complexity index is 867. The van der Waals surface area contributed by atoms with E-state index in [2.05, 4.69) is 28.5 Å². The number of likely N-dealkylation sites (tertiary alicyclic amines) is 1. The summed E-state index contributed by atoms with van der Waals surface area (Å²) in [5.41, 5.74) is 3.69. The summed E-state index contributed by atoms with van der Waals surface area (Å²) < 4.78 is 26.1. The lowest BCUT2D eigenvalue weighted by molar-refractivity contribution is 0.292. The van der Waals surface area contributed by atoms with Crippen LogP contribution in [0.3, 0.4) is 0 Å². The summed E-state index contributed by atoms with van der Waals surface area (Å²) in [6.07, 6.45) is 1.23. The highest BCUT2D eigenvalue weighted by Crippen LogP contribution is 2.26. The van der Waals surface area contributed by atoms with Gasteiger partial charge in [0.25, 0.3) is 0 Å². The first kappa shape index (κ1) is 18.2. The van der Waals surface area contributed by atoms with E-state index < -0.39 is 10.0 Å². The van der Waals surface area contributed by atoms with Crippen LogP contribution in [-0.4, -0.2) is 48.7 Å². The Kier molecular flexibility index (Phi) is 5.09. The summed E-state index contributed by atoms with van der Waals surface area (Å²) in [6.45, 7) is 8.52. The van der Waals surface area contributed by atoms with Crippen LogP contribution in [0.4, 0.5) is 0 Å². The summed E-state index contributed by atoms with van der Waals surface area (Å²) in [5, 5.41) is 0. The number of nitrogens with one attached hydrogen (secondary N) is 1. The van der Waals surface area contributed by atoms with Crippen LogP contribution in [-0.2, 0) is 16.6 Å². The second-order valence-electron chi connectivity index (χ2n) is 7.34. The van der Waals surface area contributed by atoms with Gasteiger partial charge in [0.1, 0.15) is 0 Å². The zero-order chi connectivity index (χ0) is 18.2. The van der Waals surface area contributed by atoms with Crippen LogP contribution < -0.4 is 4.72 Å². The van der Waals surface area contributed by atoms with Gasteiger partial charge in [-0.1, -0.05) is 26.0 Å². The van der Waals surface area contributed by atoms with Crippen molar-refractivity contribution < 1.29 is 8.42 Å². The van der Waals surface area contributed by atoms with Crippen LogP contribution in [0.1, 0.15) is 25.2 Å². The molecule has 136 valence electrons. The fraction of sp³-hybridized carbons (Fsp3) is 0.556. The molecule has 1 saturated heterocycles. The van der Waals surface area contributed by atoms with Gasteiger partial charge >= 0.3 is 0 Å². The standard InChI is InChI=1S/C18H26N4O2S/c1-12(2)14-9-22(11-18(14)21-25(4,23)24)10-17-13(3)19-15-7-5-6-8-16(15)20-17/h5-8,12,14,18,21H,9-11H2,1-4H3/t14-,18+/m0/s1. The number of aromatic nitrogens is 2. The molecule has 3 rings (SSSR count). The van der Waals surface area contributed by atoms with Gasteiger partial charge < -0.3 is 0 Å². The second-order valence-corrected chi connectivity index (χ2v) is 9.12. The first-order valence-corrected chi connectivity index (χ1v) is 10.5. The molecular formula is C18H26N4O2S. The predicted molar refractivity (Wildman–Crippen MR) is 99.6 cm³/mol. The van der Waals surface area contributed by atoms with Gasteiger partial charge in [0.05, 0.1) is 28.7 Å². The Morgan fingerprint density at radius 2 is 1.84 bits per heavy atom. The highest BCUT2D eigenvalue weighted by atomic mass is 32.2. The van der Waals surface area contributed by atoms with Crippen molar-refractivity contribution in [1.29, 1.82) is 0 Å². The molecule has 2 heterocycles. The fourth-order valence-electron chi connectivity index (χ4n) is 3.60. The quantitative estimate of drug-likeness (QED) is 0.880. The average Bonchev–Trinajstić information content (AvgIpc) is 2.88. The topological polar surface area (TPSA) is 75.2 Å². The molecule has 25 heavy (non-hydrogen) atoms. The molecule has 6 nitrogen and oxygen atoms in total. The number of fused-ring (bicyclic) bond motifs is 1. The summed E-state index contributed by atoms with van der Waals surface area (Å²) in [6, 6.07) is 7.82. The third-order valence-corrected chi connectivity index (χ3v) is 5.61. The molecule has 2 atom stereocenters. The van der Waals surface area contributed by atoms with E-state index in [1.165, 1.54) is 6.26 Å². The van der Waals surface area contributed by atoms with Crippen LogP contribution in [0, 0.1) is 18.8 Å². The number of para-hydroxylation sites is 2. The molecule has 0 unspecified atom stereocenters. The van der Waals surface area contributed by atoms with Gasteiger partial charge in [-0.2, -0.15) is 0 Å². The molecule has 2 aromatic rings. The van der Waals surface area contributed by atoms with E-state index in [-0.39, 0.29) is 6.04 Å². The fourth-order valence-corrected chi connectivity index (χ4v) is 4.40. The normalized spacial score (nSPS) is 22.1. The van der Waals surface area contributed by atoms with Gasteiger partial charge in [-0.25, -0.2) is 23.1 Å². The smallest absolute Gasteiger partial charge is 0.209 e. The van der Waals surface area contributed by atoms with E-state index in [1.54, 1.807) is 0 Å². The largest absolute Gasteiger partial charge is 0.296 e. The molecular weight excluding hydrogens is 336 g/mol. The summed E-state index contributed by atoms with van der Waals surface area (Å²) in [7, 11) is -3.21. The van der Waals surface area contributed by atoms with E-state index in [4.69, 9.17) is 4.98 Å². The molecule has 1 fully saturated rings. The maximum Gasteiger partial charge on any atom is 0.209 e. The Morgan fingerprint density at radius 3 is 2.44 bits per heavy atom. The van der Waals surface area contributed by atoms with Gasteiger partial charge in [-0.15, -0.1) is 0 Å². The minimum absolute atomic E-state index is 0.0521. The van der Waals surface area contributed by atoms with Crippen LogP contribution >= 0.6 is 0 Å². The van der Waals surface area contributed by atoms with Crippen molar-refractivity contribution in [2.45, 2.75) is 33.4 Å². The number of hydrogen-bond donors (Lipinski definition) is 1. The maximum absolute atomic E-state index is 11.7. The molecule has 0 saturated carbocycles. The molecule has 0 aliphatic carbocycles. The molecule has 0 amide bonds. The summed E-state index contributed by atoms with van der Waals surface area (Å²) in [4.78, 5) is 11.7. The zero-order valence-electron chi connectivity index (χ0n) is 15.2. The van der Waals surface area contributed by atoms with Crippen LogP contribution in [0.15, 0.2) is 24.3 Å². The number of benzene rings is 1. The molecule has 0 bridgehead atoms. The monoisotopic (exact) mass is 362 g/mol. The van der Waals surface area contributed by atoms with Crippen LogP contribution in [0.25, 0.3) is 11.0 Å². The van der Waals surface area contributed by atoms with E-state index in [1.807, 2.05) is 31.2 Å². The Morgan fingerprint density at radius 1 is 1.20 bits per heavy atom. The lowest BCUT2D eigenvalue weighted by Crippen LogP contribution is -2.41. The third-order valence-electron chi connectivity index (χ3n) is 4.88. The maximum atomic E-state index is 11.7. The lowest BCUT2D eigenvalue weighted by atomic mass is 9.92. The number of aryl methyl sites for hydroxylation is 1. The lowest BCUT2D eigenvalue weighted by Gasteiger charge is -2.21. The minimum atomic E-state index is -3.21. The summed E-state index contributed by atoms with van der Waals surface area (Å²) >= 11 is 0. The third kappa shape index (κ3) is 4.34. The highest BCUT2D eigenvalue weighted by molar-refractivity contribution is 7.88.